The maximum atomic E-state index is 14.2. The van der Waals surface area contributed by atoms with Crippen molar-refractivity contribution in [2.75, 3.05) is 84.1 Å². The van der Waals surface area contributed by atoms with Crippen LogP contribution in [-0.2, 0) is 38.1 Å². The Balaban J connectivity index is 1.09. The van der Waals surface area contributed by atoms with E-state index in [1.807, 2.05) is 43.3 Å². The minimum Gasteiger partial charge on any atom is -0.464 e. The summed E-state index contributed by atoms with van der Waals surface area (Å²) in [5.41, 5.74) is 5.80. The Morgan fingerprint density at radius 3 is 2.35 bits per heavy atom. The highest BCUT2D eigenvalue weighted by Gasteiger charge is 2.39. The zero-order valence-corrected chi connectivity index (χ0v) is 33.3. The number of esters is 1. The average molecular weight is 820 g/mol. The van der Waals surface area contributed by atoms with Gasteiger partial charge in [-0.3, -0.25) is 14.5 Å². The van der Waals surface area contributed by atoms with Crippen LogP contribution in [0.5, 0.6) is 0 Å². The molecule has 6 rings (SSSR count). The number of nitrogens with two attached hydrogens (primary N) is 1. The number of benzene rings is 2. The summed E-state index contributed by atoms with van der Waals surface area (Å²) < 4.78 is 53.1. The van der Waals surface area contributed by atoms with E-state index < -0.39 is 35.5 Å². The predicted octanol–water partition coefficient (Wildman–Crippen LogP) is 5.35. The molecule has 0 bridgehead atoms. The van der Waals surface area contributed by atoms with Gasteiger partial charge in [0.1, 0.15) is 6.61 Å². The monoisotopic (exact) mass is 819 g/mol. The van der Waals surface area contributed by atoms with Gasteiger partial charge in [-0.15, -0.1) is 0 Å². The molecule has 3 saturated heterocycles. The first-order valence-electron chi connectivity index (χ1n) is 19.8. The fraction of sp³-hybridized carbons (Fsp3) is 0.600. The van der Waals surface area contributed by atoms with Gasteiger partial charge in [0.2, 0.25) is 0 Å². The fourth-order valence-electron chi connectivity index (χ4n) is 8.35. The van der Waals surface area contributed by atoms with Crippen molar-refractivity contribution in [1.82, 2.24) is 24.5 Å². The normalized spacial score (nSPS) is 20.8. The van der Waals surface area contributed by atoms with E-state index in [0.717, 1.165) is 36.7 Å². The topological polar surface area (TPSA) is 141 Å². The first-order chi connectivity index (χ1) is 27.2. The van der Waals surface area contributed by atoms with E-state index in [1.54, 1.807) is 9.80 Å². The number of amides is 4. The van der Waals surface area contributed by atoms with Crippen LogP contribution in [0.2, 0.25) is 5.02 Å². The predicted molar refractivity (Wildman–Crippen MR) is 209 cm³/mol. The molecule has 3 N–H and O–H groups in total. The summed E-state index contributed by atoms with van der Waals surface area (Å²) in [6, 6.07) is 9.57. The summed E-state index contributed by atoms with van der Waals surface area (Å²) >= 11 is 6.14. The SMILES string of the molecule is CN(C)CCOC(=O)[C@@H]1CCCN(C2CCN(C(=O)[C@@H](Cc3cc(Cl)c(N)c(C(F)(F)F)c3)OC(=O)N3CCC(N4CCc5ccccc5NC4=O)CC3)CC2)C1. The summed E-state index contributed by atoms with van der Waals surface area (Å²) in [5.74, 6) is -0.931. The van der Waals surface area contributed by atoms with Crippen molar-refractivity contribution in [3.8, 4) is 0 Å². The largest absolute Gasteiger partial charge is 0.464 e. The number of anilines is 2. The second-order valence-electron chi connectivity index (χ2n) is 15.7. The number of ether oxygens (including phenoxy) is 2. The van der Waals surface area contributed by atoms with Crippen LogP contribution < -0.4 is 11.1 Å². The smallest absolute Gasteiger partial charge is 0.418 e. The number of carbonyl (C=O) groups excluding carboxylic acids is 4. The van der Waals surface area contributed by atoms with Crippen LogP contribution in [0.3, 0.4) is 0 Å². The molecule has 13 nitrogen and oxygen atoms in total. The molecule has 0 aromatic heterocycles. The van der Waals surface area contributed by atoms with Crippen molar-refractivity contribution in [1.29, 1.82) is 0 Å². The van der Waals surface area contributed by atoms with Gasteiger partial charge in [0.15, 0.2) is 6.10 Å². The number of nitrogens with one attached hydrogen (secondary N) is 1. The van der Waals surface area contributed by atoms with Gasteiger partial charge in [-0.25, -0.2) is 9.59 Å². The highest BCUT2D eigenvalue weighted by molar-refractivity contribution is 6.33. The van der Waals surface area contributed by atoms with Crippen LogP contribution in [0.4, 0.5) is 34.1 Å². The highest BCUT2D eigenvalue weighted by Crippen LogP contribution is 2.38. The van der Waals surface area contributed by atoms with Crippen molar-refractivity contribution in [2.45, 2.75) is 75.7 Å². The molecular weight excluding hydrogens is 767 g/mol. The molecule has 312 valence electrons. The number of nitrogens with zero attached hydrogens (tertiary/aromatic N) is 5. The number of alkyl halides is 3. The quantitative estimate of drug-likeness (QED) is 0.240. The summed E-state index contributed by atoms with van der Waals surface area (Å²) in [5, 5.41) is 2.67. The molecule has 2 atom stereocenters. The standard InChI is InChI=1S/C40H53ClF3N7O6/c1-47(2)20-21-56-37(53)28-7-5-14-50(25-28)29-10-15-48(16-11-29)36(52)34(24-26-22-31(40(42,43)44)35(45)32(41)23-26)57-39(55)49-17-12-30(13-18-49)51-19-9-27-6-3-4-8-33(27)46-38(51)54/h3-4,6,8,22-23,28-30,34H,5,7,9-21,24-25,45H2,1-2H3,(H,46,54)/t28-,34-/m1/s1. The van der Waals surface area contributed by atoms with E-state index in [2.05, 4.69) is 10.2 Å². The Labute approximate surface area is 336 Å². The molecular formula is C40H53ClF3N7O6. The lowest BCUT2D eigenvalue weighted by molar-refractivity contribution is -0.151. The molecule has 3 fully saturated rings. The third kappa shape index (κ3) is 10.6. The molecule has 0 spiro atoms. The van der Waals surface area contributed by atoms with Crippen molar-refractivity contribution in [3.63, 3.8) is 0 Å². The van der Waals surface area contributed by atoms with E-state index in [9.17, 15) is 32.3 Å². The van der Waals surface area contributed by atoms with Crippen molar-refractivity contribution in [2.24, 2.45) is 5.92 Å². The molecule has 0 saturated carbocycles. The van der Waals surface area contributed by atoms with Gasteiger partial charge < -0.3 is 40.1 Å². The number of hydrogen-bond acceptors (Lipinski definition) is 9. The van der Waals surface area contributed by atoms with Gasteiger partial charge >= 0.3 is 24.3 Å². The number of rotatable bonds is 10. The van der Waals surface area contributed by atoms with E-state index in [4.69, 9.17) is 26.8 Å². The van der Waals surface area contributed by atoms with Gasteiger partial charge in [0, 0.05) is 70.0 Å². The number of fused-ring (bicyclic) bond motifs is 1. The number of piperidine rings is 3. The lowest BCUT2D eigenvalue weighted by Gasteiger charge is -2.42. The van der Waals surface area contributed by atoms with Crippen LogP contribution in [-0.4, -0.2) is 140 Å². The second-order valence-corrected chi connectivity index (χ2v) is 16.1. The van der Waals surface area contributed by atoms with Crippen LogP contribution in [0.25, 0.3) is 0 Å². The molecule has 4 heterocycles. The first kappa shape index (κ1) is 42.3. The van der Waals surface area contributed by atoms with Gasteiger partial charge in [-0.2, -0.15) is 13.2 Å². The molecule has 0 radical (unpaired) electrons. The maximum absolute atomic E-state index is 14.2. The third-order valence-electron chi connectivity index (χ3n) is 11.6. The Morgan fingerprint density at radius 2 is 1.65 bits per heavy atom. The number of nitrogen functional groups attached to an aromatic ring is 1. The van der Waals surface area contributed by atoms with E-state index in [1.165, 1.54) is 11.0 Å². The highest BCUT2D eigenvalue weighted by atomic mass is 35.5. The summed E-state index contributed by atoms with van der Waals surface area (Å²) in [6.07, 6.45) is -2.84. The molecule has 2 aromatic rings. The number of halogens is 4. The summed E-state index contributed by atoms with van der Waals surface area (Å²) in [6.45, 7) is 4.12. The van der Waals surface area contributed by atoms with Gasteiger partial charge in [-0.1, -0.05) is 29.8 Å². The number of likely N-dealkylation sites (tertiary alicyclic amines) is 3. The minimum absolute atomic E-state index is 0.0475. The molecule has 0 aliphatic carbocycles. The molecule has 17 heteroatoms. The lowest BCUT2D eigenvalue weighted by Crippen LogP contribution is -2.53. The molecule has 4 amide bonds. The fourth-order valence-corrected chi connectivity index (χ4v) is 8.59. The lowest BCUT2D eigenvalue weighted by atomic mass is 9.93. The van der Waals surface area contributed by atoms with Crippen molar-refractivity contribution in [3.05, 3.63) is 58.1 Å². The van der Waals surface area contributed by atoms with Crippen LogP contribution in [0.15, 0.2) is 36.4 Å². The van der Waals surface area contributed by atoms with Crippen LogP contribution in [0, 0.1) is 5.92 Å². The number of urea groups is 1. The third-order valence-corrected chi connectivity index (χ3v) is 11.9. The molecule has 2 aromatic carbocycles. The first-order valence-corrected chi connectivity index (χ1v) is 20.2. The Bertz CT molecular complexity index is 1770. The zero-order valence-electron chi connectivity index (χ0n) is 32.6. The second kappa shape index (κ2) is 18.5. The Morgan fingerprint density at radius 1 is 0.965 bits per heavy atom. The maximum Gasteiger partial charge on any atom is 0.418 e. The Hall–Kier alpha value is -4.28. The van der Waals surface area contributed by atoms with Crippen LogP contribution >= 0.6 is 11.6 Å². The van der Waals surface area contributed by atoms with Crippen molar-refractivity contribution < 1.29 is 41.8 Å². The molecule has 57 heavy (non-hydrogen) atoms. The Kier molecular flexibility index (Phi) is 13.8. The van der Waals surface area contributed by atoms with Crippen molar-refractivity contribution >= 4 is 47.0 Å². The van der Waals surface area contributed by atoms with E-state index in [-0.39, 0.29) is 60.1 Å². The average Bonchev–Trinajstić information content (AvgIpc) is 3.36. The van der Waals surface area contributed by atoms with E-state index in [0.29, 0.717) is 71.4 Å². The van der Waals surface area contributed by atoms with Gasteiger partial charge in [0.25, 0.3) is 5.91 Å². The van der Waals surface area contributed by atoms with Gasteiger partial charge in [-0.05, 0) is 94.9 Å². The van der Waals surface area contributed by atoms with Gasteiger partial charge in [0.05, 0.1) is 22.2 Å². The molecule has 4 aliphatic rings. The number of hydrogen-bond donors (Lipinski definition) is 2. The number of likely N-dealkylation sites (N-methyl/N-ethyl adjacent to an activating group) is 1. The summed E-state index contributed by atoms with van der Waals surface area (Å²) in [4.78, 5) is 62.9. The molecule has 0 unspecified atom stereocenters. The minimum atomic E-state index is -4.80. The number of para-hydroxylation sites is 1. The van der Waals surface area contributed by atoms with E-state index >= 15 is 0 Å². The molecule has 4 aliphatic heterocycles. The number of carbonyl (C=O) groups is 4. The summed E-state index contributed by atoms with van der Waals surface area (Å²) in [7, 11) is 3.83. The zero-order chi connectivity index (χ0) is 40.9. The van der Waals surface area contributed by atoms with Crippen LogP contribution in [0.1, 0.15) is 55.2 Å².